The highest BCUT2D eigenvalue weighted by Gasteiger charge is 2.28. The molecule has 2 aliphatic rings. The second-order valence-electron chi connectivity index (χ2n) is 6.90. The third kappa shape index (κ3) is 2.87. The third-order valence-electron chi connectivity index (χ3n) is 5.18. The van der Waals surface area contributed by atoms with Crippen LogP contribution in [0, 0.1) is 5.92 Å². The number of nitrogens with zero attached hydrogens (tertiary/aromatic N) is 3. The van der Waals surface area contributed by atoms with Crippen LogP contribution in [-0.2, 0) is 4.74 Å². The number of nitrogens with one attached hydrogen (secondary N) is 2. The van der Waals surface area contributed by atoms with Gasteiger partial charge in [-0.1, -0.05) is 32.4 Å². The molecular formula is C20H21N5O3. The molecule has 1 aromatic carbocycles. The maximum atomic E-state index is 12.3. The summed E-state index contributed by atoms with van der Waals surface area (Å²) in [6.45, 7) is 4.21. The van der Waals surface area contributed by atoms with Crippen LogP contribution in [0.3, 0.4) is 0 Å². The highest BCUT2D eigenvalue weighted by Crippen LogP contribution is 2.31. The average Bonchev–Trinajstić information content (AvgIpc) is 3.30. The van der Waals surface area contributed by atoms with Gasteiger partial charge in [0.1, 0.15) is 17.1 Å². The normalized spacial score (nSPS) is 13.7. The summed E-state index contributed by atoms with van der Waals surface area (Å²) in [5.41, 5.74) is 2.35. The van der Waals surface area contributed by atoms with E-state index in [2.05, 4.69) is 29.0 Å². The standard InChI is InChI=1S/C20H21N5O3/c1-4-11(2)17(18-21-14-7-5-6-8-15(14)22-18)25-9-12-16(23-24-19(12)26)13(10-25)20(27)28-3/h5-11,17H,4H2,1-3H3,(H,21,22)(H,24,26)/t11-,17+/m1/s1. The highest BCUT2D eigenvalue weighted by atomic mass is 16.5. The lowest BCUT2D eigenvalue weighted by Crippen LogP contribution is -2.22. The van der Waals surface area contributed by atoms with E-state index in [4.69, 9.17) is 9.72 Å². The Labute approximate surface area is 160 Å². The van der Waals surface area contributed by atoms with Crippen molar-refractivity contribution in [2.24, 2.45) is 5.92 Å². The number of ether oxygens (including phenoxy) is 1. The van der Waals surface area contributed by atoms with Gasteiger partial charge in [0.2, 0.25) is 0 Å². The minimum atomic E-state index is -0.543. The van der Waals surface area contributed by atoms with Crippen LogP contribution in [0.15, 0.2) is 41.5 Å². The summed E-state index contributed by atoms with van der Waals surface area (Å²) in [5.74, 6) is 0.417. The maximum absolute atomic E-state index is 12.3. The lowest BCUT2D eigenvalue weighted by atomic mass is 9.97. The van der Waals surface area contributed by atoms with E-state index in [9.17, 15) is 9.59 Å². The summed E-state index contributed by atoms with van der Waals surface area (Å²) >= 11 is 0. The fourth-order valence-electron chi connectivity index (χ4n) is 3.52. The van der Waals surface area contributed by atoms with Gasteiger partial charge in [0, 0.05) is 12.4 Å². The van der Waals surface area contributed by atoms with Gasteiger partial charge >= 0.3 is 5.97 Å². The van der Waals surface area contributed by atoms with Gasteiger partial charge in [0.15, 0.2) is 0 Å². The summed E-state index contributed by atoms with van der Waals surface area (Å²) in [6, 6.07) is 7.61. The van der Waals surface area contributed by atoms with Gasteiger partial charge in [-0.05, 0) is 18.1 Å². The molecule has 8 nitrogen and oxygen atoms in total. The average molecular weight is 379 g/mol. The van der Waals surface area contributed by atoms with Crippen LogP contribution < -0.4 is 5.56 Å². The topological polar surface area (TPSA) is 106 Å². The number of para-hydroxylation sites is 2. The fraction of sp³-hybridized carbons (Fsp3) is 0.300. The van der Waals surface area contributed by atoms with Crippen LogP contribution in [0.25, 0.3) is 22.3 Å². The largest absolute Gasteiger partial charge is 0.465 e. The predicted octanol–water partition coefficient (Wildman–Crippen LogP) is 2.97. The highest BCUT2D eigenvalue weighted by molar-refractivity contribution is 5.96. The Hall–Kier alpha value is -3.42. The number of aromatic amines is 2. The van der Waals surface area contributed by atoms with Crippen LogP contribution >= 0.6 is 0 Å². The Kier molecular flexibility index (Phi) is 4.46. The number of methoxy groups -OCH3 is 1. The number of hydrogen-bond donors (Lipinski definition) is 2. The van der Waals surface area contributed by atoms with E-state index in [0.717, 1.165) is 23.3 Å². The van der Waals surface area contributed by atoms with Crippen molar-refractivity contribution >= 4 is 17.0 Å². The molecule has 2 aromatic rings. The Morgan fingerprint density at radius 1 is 1.29 bits per heavy atom. The van der Waals surface area contributed by atoms with E-state index in [1.165, 1.54) is 7.11 Å². The number of carbonyl (C=O) groups is 1. The van der Waals surface area contributed by atoms with E-state index in [-0.39, 0.29) is 23.1 Å². The fourth-order valence-corrected chi connectivity index (χ4v) is 3.52. The minimum absolute atomic E-state index is 0.190. The molecule has 1 aromatic heterocycles. The smallest absolute Gasteiger partial charge is 0.341 e. The number of esters is 1. The van der Waals surface area contributed by atoms with E-state index in [0.29, 0.717) is 11.3 Å². The summed E-state index contributed by atoms with van der Waals surface area (Å²) in [4.78, 5) is 32.7. The first kappa shape index (κ1) is 18.0. The molecule has 2 aliphatic heterocycles. The first-order chi connectivity index (χ1) is 13.5. The molecule has 28 heavy (non-hydrogen) atoms. The molecule has 144 valence electrons. The number of benzene rings is 1. The van der Waals surface area contributed by atoms with Crippen molar-refractivity contribution < 1.29 is 9.53 Å². The summed E-state index contributed by atoms with van der Waals surface area (Å²) < 4.78 is 6.76. The van der Waals surface area contributed by atoms with Crippen LogP contribution in [-0.4, -0.2) is 37.8 Å². The van der Waals surface area contributed by atoms with Crippen LogP contribution in [0.2, 0.25) is 0 Å². The Balaban J connectivity index is 1.95. The number of pyridine rings is 1. The zero-order valence-electron chi connectivity index (χ0n) is 15.9. The number of hydrogen-bond acceptors (Lipinski definition) is 5. The lowest BCUT2D eigenvalue weighted by molar-refractivity contribution is 0.0600. The second kappa shape index (κ2) is 6.95. The van der Waals surface area contributed by atoms with E-state index >= 15 is 0 Å². The zero-order valence-corrected chi connectivity index (χ0v) is 15.9. The molecule has 0 aliphatic carbocycles. The molecule has 8 heteroatoms. The third-order valence-corrected chi connectivity index (χ3v) is 5.18. The number of carbonyl (C=O) groups excluding carboxylic acids is 1. The first-order valence-electron chi connectivity index (χ1n) is 9.16. The maximum Gasteiger partial charge on any atom is 0.341 e. The van der Waals surface area contributed by atoms with Gasteiger partial charge in [-0.25, -0.2) is 14.9 Å². The number of H-pyrrole nitrogens is 2. The Morgan fingerprint density at radius 3 is 2.79 bits per heavy atom. The number of fused-ring (bicyclic) bond motifs is 2. The molecule has 0 saturated heterocycles. The van der Waals surface area contributed by atoms with Gasteiger partial charge in [0.05, 0.1) is 29.7 Å². The summed E-state index contributed by atoms with van der Waals surface area (Å²) in [5, 5.41) is 6.40. The molecule has 0 spiro atoms. The zero-order chi connectivity index (χ0) is 19.8. The predicted molar refractivity (Wildman–Crippen MR) is 104 cm³/mol. The van der Waals surface area contributed by atoms with Gasteiger partial charge in [-0.15, -0.1) is 0 Å². The summed E-state index contributed by atoms with van der Waals surface area (Å²) in [6.07, 6.45) is 4.28. The van der Waals surface area contributed by atoms with Crippen LogP contribution in [0.4, 0.5) is 0 Å². The van der Waals surface area contributed by atoms with Crippen molar-refractivity contribution in [1.29, 1.82) is 0 Å². The van der Waals surface area contributed by atoms with Gasteiger partial charge in [-0.3, -0.25) is 4.79 Å². The number of imidazole rings is 1. The Morgan fingerprint density at radius 2 is 2.07 bits per heavy atom. The van der Waals surface area contributed by atoms with E-state index < -0.39 is 5.97 Å². The summed E-state index contributed by atoms with van der Waals surface area (Å²) in [7, 11) is 1.31. The quantitative estimate of drug-likeness (QED) is 0.519. The van der Waals surface area contributed by atoms with Crippen LogP contribution in [0.1, 0.15) is 42.5 Å². The molecule has 2 atom stereocenters. The Bertz CT molecular complexity index is 1140. The number of rotatable bonds is 5. The van der Waals surface area contributed by atoms with Crippen molar-refractivity contribution in [2.45, 2.75) is 26.3 Å². The van der Waals surface area contributed by atoms with Gasteiger partial charge < -0.3 is 14.3 Å². The first-order valence-corrected chi connectivity index (χ1v) is 9.16. The van der Waals surface area contributed by atoms with Crippen molar-refractivity contribution in [2.75, 3.05) is 7.11 Å². The monoisotopic (exact) mass is 379 g/mol. The minimum Gasteiger partial charge on any atom is -0.465 e. The van der Waals surface area contributed by atoms with Gasteiger partial charge in [0.25, 0.3) is 5.56 Å². The molecule has 0 bridgehead atoms. The number of aromatic nitrogens is 5. The van der Waals surface area contributed by atoms with E-state index in [1.807, 2.05) is 28.8 Å². The van der Waals surface area contributed by atoms with Gasteiger partial charge in [-0.2, -0.15) is 5.10 Å². The lowest BCUT2D eigenvalue weighted by Gasteiger charge is -2.25. The SMILES string of the molecule is CC[C@@H](C)[C@@H](c1nc2ccccc2[nH]1)n1cc(C(=O)OC)c2n[nH]c(=O)c-2c1. The molecule has 0 fully saturated rings. The molecule has 0 saturated carbocycles. The molecule has 0 radical (unpaired) electrons. The van der Waals surface area contributed by atoms with Crippen molar-refractivity contribution in [3.63, 3.8) is 0 Å². The molecule has 4 rings (SSSR count). The molecule has 0 unspecified atom stereocenters. The molecule has 3 heterocycles. The van der Waals surface area contributed by atoms with E-state index in [1.54, 1.807) is 12.4 Å². The molecule has 0 amide bonds. The van der Waals surface area contributed by atoms with Crippen LogP contribution in [0.5, 0.6) is 0 Å². The second-order valence-corrected chi connectivity index (χ2v) is 6.90. The van der Waals surface area contributed by atoms with Crippen molar-refractivity contribution in [3.8, 4) is 11.3 Å². The molecular weight excluding hydrogens is 358 g/mol. The van der Waals surface area contributed by atoms with Crippen molar-refractivity contribution in [3.05, 3.63) is 58.4 Å². The van der Waals surface area contributed by atoms with Crippen molar-refractivity contribution in [1.82, 2.24) is 24.7 Å². The molecule has 2 N–H and O–H groups in total.